The van der Waals surface area contributed by atoms with Gasteiger partial charge in [0.1, 0.15) is 11.6 Å². The van der Waals surface area contributed by atoms with Gasteiger partial charge in [-0.25, -0.2) is 8.42 Å². The quantitative estimate of drug-likeness (QED) is 0.0118. The van der Waals surface area contributed by atoms with Crippen LogP contribution in [0.2, 0.25) is 0 Å². The van der Waals surface area contributed by atoms with Gasteiger partial charge in [-0.2, -0.15) is 8.42 Å². The Morgan fingerprint density at radius 2 is 0.650 bits per heavy atom. The molecule has 0 bridgehead atoms. The number of nitrogens with one attached hydrogen (secondary N) is 1. The van der Waals surface area contributed by atoms with Gasteiger partial charge in [-0.3, -0.25) is 38.6 Å². The number of aliphatic hydroxyl groups excluding tert-OH is 5. The van der Waals surface area contributed by atoms with Gasteiger partial charge in [0.15, 0.2) is 0 Å². The fourth-order valence-electron chi connectivity index (χ4n) is 15.9. The molecule has 26 heteroatoms. The van der Waals surface area contributed by atoms with Gasteiger partial charge < -0.3 is 60.6 Å². The SMILES string of the molecule is CCCCCCCCC(O)CN(CCC(=O)CCC[N+](C)(C)CCCS(=O)(=O)O)CCN(CCN(CC(O)CCCCCCCC)CC(O)CCCCCCCC)CCN(CC(O)CCCCCCCC)CC(O)CCCCCCCC.CCCCCCCCC1CO1.C[N+](C)(CCCC(=O)CCNCCN(CCN)CCN)CCCS(=O)(=O)[O-]. The number of epoxide rings is 1. The van der Waals surface area contributed by atoms with Crippen LogP contribution >= 0.6 is 0 Å². The number of unbranched alkanes of at least 4 members (excludes halogenated alkanes) is 30. The minimum atomic E-state index is -4.14. The third-order valence-electron chi connectivity index (χ3n) is 23.8. The molecule has 6 unspecified atom stereocenters. The van der Waals surface area contributed by atoms with E-state index in [0.717, 1.165) is 149 Å². The number of Topliss-reactive ketones (excluding diaryl/α,β-unsaturated/α-hetero) is 2. The largest absolute Gasteiger partial charge is 0.748 e. The van der Waals surface area contributed by atoms with E-state index < -0.39 is 50.8 Å². The molecule has 0 radical (unpaired) electrons. The average Bonchev–Trinajstić information content (AvgIpc) is 1.75. The number of hydrogen-bond donors (Lipinski definition) is 9. The van der Waals surface area contributed by atoms with E-state index in [4.69, 9.17) is 16.2 Å². The summed E-state index contributed by atoms with van der Waals surface area (Å²) in [7, 11) is -0.134. The Morgan fingerprint density at radius 3 is 0.975 bits per heavy atom. The third-order valence-corrected chi connectivity index (χ3v) is 25.4. The molecule has 720 valence electrons. The van der Waals surface area contributed by atoms with E-state index in [-0.39, 0.29) is 23.1 Å². The summed E-state index contributed by atoms with van der Waals surface area (Å²) in [5.74, 6) is -0.189. The van der Waals surface area contributed by atoms with E-state index in [2.05, 4.69) is 71.4 Å². The van der Waals surface area contributed by atoms with Crippen molar-refractivity contribution in [3.8, 4) is 0 Å². The summed E-state index contributed by atoms with van der Waals surface area (Å²) in [4.78, 5) is 37.1. The Balaban J connectivity index is 0. The maximum Gasteiger partial charge on any atom is 0.265 e. The molecule has 1 fully saturated rings. The van der Waals surface area contributed by atoms with E-state index in [0.29, 0.717) is 171 Å². The number of hydrogen-bond acceptors (Lipinski definition) is 21. The molecule has 1 aliphatic heterocycles. The highest BCUT2D eigenvalue weighted by Gasteiger charge is 2.25. The molecule has 11 N–H and O–H groups in total. The van der Waals surface area contributed by atoms with Crippen LogP contribution in [0.15, 0.2) is 0 Å². The molecule has 1 saturated heterocycles. The van der Waals surface area contributed by atoms with Crippen molar-refractivity contribution in [2.24, 2.45) is 11.5 Å². The molecule has 0 saturated carbocycles. The van der Waals surface area contributed by atoms with Crippen molar-refractivity contribution in [3.05, 3.63) is 0 Å². The summed E-state index contributed by atoms with van der Waals surface area (Å²) in [6, 6.07) is 0. The molecule has 1 aliphatic rings. The molecule has 0 aromatic rings. The van der Waals surface area contributed by atoms with Gasteiger partial charge in [0.05, 0.1) is 113 Å². The molecule has 0 aromatic carbocycles. The van der Waals surface area contributed by atoms with Gasteiger partial charge in [0.2, 0.25) is 0 Å². The maximum atomic E-state index is 13.6. The molecule has 0 amide bonds. The van der Waals surface area contributed by atoms with Crippen LogP contribution in [0.3, 0.4) is 0 Å². The molecule has 24 nitrogen and oxygen atoms in total. The van der Waals surface area contributed by atoms with E-state index in [1.54, 1.807) is 0 Å². The summed E-state index contributed by atoms with van der Waals surface area (Å²) in [5.41, 5.74) is 11.1. The minimum Gasteiger partial charge on any atom is -0.748 e. The summed E-state index contributed by atoms with van der Waals surface area (Å²) in [6.07, 6.45) is 50.7. The normalized spacial score (nSPS) is 14.8. The van der Waals surface area contributed by atoms with Gasteiger partial charge in [0.25, 0.3) is 10.1 Å². The lowest BCUT2D eigenvalue weighted by atomic mass is 10.1. The zero-order valence-electron chi connectivity index (χ0n) is 79.8. The van der Waals surface area contributed by atoms with Crippen molar-refractivity contribution < 1.29 is 74.8 Å². The zero-order valence-corrected chi connectivity index (χ0v) is 81.4. The van der Waals surface area contributed by atoms with Crippen molar-refractivity contribution in [3.63, 3.8) is 0 Å². The smallest absolute Gasteiger partial charge is 0.265 e. The topological polar surface area (TPSA) is 340 Å². The van der Waals surface area contributed by atoms with Crippen molar-refractivity contribution >= 4 is 31.8 Å². The first-order chi connectivity index (χ1) is 57.4. The van der Waals surface area contributed by atoms with E-state index >= 15 is 0 Å². The Hall–Kier alpha value is -1.48. The van der Waals surface area contributed by atoms with E-state index in [1.165, 1.54) is 173 Å². The first-order valence-corrected chi connectivity index (χ1v) is 52.9. The number of ketones is 2. The molecule has 1 rings (SSSR count). The van der Waals surface area contributed by atoms with Crippen LogP contribution in [0.1, 0.15) is 363 Å². The van der Waals surface area contributed by atoms with E-state index in [9.17, 15) is 61.1 Å². The monoisotopic (exact) mass is 1760 g/mol. The lowest BCUT2D eigenvalue weighted by Gasteiger charge is -2.34. The molecular weight excluding hydrogens is 1560 g/mol. The molecule has 0 aromatic heterocycles. The molecule has 0 aliphatic carbocycles. The number of quaternary nitrogens is 2. The highest BCUT2D eigenvalue weighted by Crippen LogP contribution is 2.21. The highest BCUT2D eigenvalue weighted by molar-refractivity contribution is 7.85. The van der Waals surface area contributed by atoms with Crippen LogP contribution in [0.4, 0.5) is 0 Å². The average molecular weight is 1760 g/mol. The fraction of sp³-hybridized carbons (Fsp3) is 0.979. The molecule has 1 heterocycles. The van der Waals surface area contributed by atoms with Crippen LogP contribution in [0, 0.1) is 0 Å². The number of ether oxygens (including phenoxy) is 1. The Labute approximate surface area is 739 Å². The maximum absolute atomic E-state index is 13.6. The summed E-state index contributed by atoms with van der Waals surface area (Å²) >= 11 is 0. The van der Waals surface area contributed by atoms with Crippen LogP contribution in [-0.4, -0.2) is 330 Å². The van der Waals surface area contributed by atoms with Crippen molar-refractivity contribution in [2.45, 2.75) is 399 Å². The first kappa shape index (κ1) is 121. The number of carbonyl (C=O) groups is 2. The van der Waals surface area contributed by atoms with Crippen LogP contribution in [-0.2, 0) is 34.6 Å². The standard InChI is InChI=1S/C67H139N5O9S.C17H39N5O4S.C10H20O/c1-8-13-18-23-28-33-40-63(74)57-69(47-46-62(73)45-38-54-72(6,7)55-39-56-82(79,80)81)51-48-68(49-52-70(58-64(75)41-34-29-24-19-14-9-2)59-65(76)42-35-30-25-20-15-10-3)50-53-71(60-66(77)43-36-31-26-21-16-11-4)61-67(78)44-37-32-27-22-17-12-5;1-22(2,15-4-16-27(24,25)26)14-3-5-17(23)6-9-20-10-13-21(11-7-18)12-8-19;1-2-3-4-5-6-7-8-10-9-11-10/h63-67,74-78H,8-61H2,1-7H3;20H,3-16,18-19H2,1-2H3;10H,2-9H2,1H3/p+1. The predicted octanol–water partition coefficient (Wildman–Crippen LogP) is 14.5. The molecule has 120 heavy (non-hydrogen) atoms. The van der Waals surface area contributed by atoms with Gasteiger partial charge in [-0.1, -0.05) is 273 Å². The Kier molecular flexibility index (Phi) is 82.4. The molecular formula is C94H199N10O14S2+. The second-order valence-corrected chi connectivity index (χ2v) is 40.3. The predicted molar refractivity (Wildman–Crippen MR) is 503 cm³/mol. The van der Waals surface area contributed by atoms with Gasteiger partial charge >= 0.3 is 0 Å². The second-order valence-electron chi connectivity index (χ2n) is 37.2. The zero-order chi connectivity index (χ0) is 89.7. The lowest BCUT2D eigenvalue weighted by Crippen LogP contribution is -2.48. The summed E-state index contributed by atoms with van der Waals surface area (Å²) < 4.78 is 70.1. The number of nitrogens with zero attached hydrogens (tertiary/aromatic N) is 7. The van der Waals surface area contributed by atoms with Gasteiger partial charge in [0, 0.05) is 181 Å². The number of aliphatic hydroxyl groups is 5. The lowest BCUT2D eigenvalue weighted by molar-refractivity contribution is -0.890. The van der Waals surface area contributed by atoms with Gasteiger partial charge in [-0.05, 0) is 38.5 Å². The Bertz CT molecular complexity index is 2370. The number of nitrogens with two attached hydrogens (primary N) is 2. The van der Waals surface area contributed by atoms with Crippen LogP contribution in [0.5, 0.6) is 0 Å². The second kappa shape index (κ2) is 82.0. The fourth-order valence-corrected chi connectivity index (χ4v) is 16.9. The van der Waals surface area contributed by atoms with Crippen molar-refractivity contribution in [1.29, 1.82) is 0 Å². The number of rotatable bonds is 90. The van der Waals surface area contributed by atoms with Crippen molar-refractivity contribution in [1.82, 2.24) is 29.8 Å². The molecule has 0 spiro atoms. The highest BCUT2D eigenvalue weighted by atomic mass is 32.2. The van der Waals surface area contributed by atoms with Crippen molar-refractivity contribution in [2.75, 3.05) is 197 Å². The number of carbonyl (C=O) groups excluding carboxylic acids is 2. The van der Waals surface area contributed by atoms with Gasteiger partial charge in [-0.15, -0.1) is 0 Å². The minimum absolute atomic E-state index is 0.176. The van der Waals surface area contributed by atoms with Crippen LogP contribution in [0.25, 0.3) is 0 Å². The Morgan fingerprint density at radius 1 is 0.367 bits per heavy atom. The van der Waals surface area contributed by atoms with Crippen LogP contribution < -0.4 is 16.8 Å². The van der Waals surface area contributed by atoms with E-state index in [1.807, 2.05) is 28.2 Å². The summed E-state index contributed by atoms with van der Waals surface area (Å²) in [5, 5.41) is 60.9. The summed E-state index contributed by atoms with van der Waals surface area (Å²) in [6.45, 7) is 29.5. The first-order valence-electron chi connectivity index (χ1n) is 49.7. The molecule has 6 atom stereocenters. The third kappa shape index (κ3) is 87.2.